The molecule has 0 bridgehead atoms. The average molecular weight is 274 g/mol. The van der Waals surface area contributed by atoms with Crippen LogP contribution in [0.3, 0.4) is 0 Å². The summed E-state index contributed by atoms with van der Waals surface area (Å²) in [7, 11) is 0. The van der Waals surface area contributed by atoms with E-state index in [1.54, 1.807) is 12.1 Å². The molecule has 1 heterocycles. The lowest BCUT2D eigenvalue weighted by Gasteiger charge is -2.08. The summed E-state index contributed by atoms with van der Waals surface area (Å²) in [6.07, 6.45) is 0. The van der Waals surface area contributed by atoms with Gasteiger partial charge in [-0.25, -0.2) is 8.78 Å². The molecule has 0 saturated carbocycles. The van der Waals surface area contributed by atoms with Crippen molar-refractivity contribution in [3.63, 3.8) is 0 Å². The topological polar surface area (TPSA) is 24.9 Å². The lowest BCUT2D eigenvalue weighted by atomic mass is 10.1. The number of benzene rings is 2. The van der Waals surface area contributed by atoms with Crippen LogP contribution in [0.25, 0.3) is 10.8 Å². The van der Waals surface area contributed by atoms with Gasteiger partial charge in [0.05, 0.1) is 0 Å². The van der Waals surface area contributed by atoms with E-state index in [-0.39, 0.29) is 5.82 Å². The number of halogens is 3. The summed E-state index contributed by atoms with van der Waals surface area (Å²) in [4.78, 5) is 3.22. The highest BCUT2D eigenvalue weighted by Crippen LogP contribution is 2.23. The van der Waals surface area contributed by atoms with Crippen molar-refractivity contribution in [2.75, 3.05) is 5.32 Å². The number of hydrogen-bond acceptors (Lipinski definition) is 2. The summed E-state index contributed by atoms with van der Waals surface area (Å²) in [6.45, 7) is 0. The summed E-state index contributed by atoms with van der Waals surface area (Å²) < 4.78 is 39.3. The molecule has 0 saturated heterocycles. The van der Waals surface area contributed by atoms with Crippen molar-refractivity contribution in [3.05, 3.63) is 66.1 Å². The molecule has 2 nitrogen and oxygen atoms in total. The van der Waals surface area contributed by atoms with E-state index in [1.807, 2.05) is 30.3 Å². The van der Waals surface area contributed by atoms with Crippen LogP contribution in [0.4, 0.5) is 24.7 Å². The second-order valence-corrected chi connectivity index (χ2v) is 4.28. The van der Waals surface area contributed by atoms with Crippen LogP contribution in [-0.4, -0.2) is 4.98 Å². The number of nitrogens with zero attached hydrogens (tertiary/aromatic N) is 1. The summed E-state index contributed by atoms with van der Waals surface area (Å²) in [5.74, 6) is -3.95. The Morgan fingerprint density at radius 1 is 0.800 bits per heavy atom. The molecule has 0 unspecified atom stereocenters. The Balaban J connectivity index is 1.99. The van der Waals surface area contributed by atoms with E-state index < -0.39 is 17.6 Å². The predicted octanol–water partition coefficient (Wildman–Crippen LogP) is 4.40. The van der Waals surface area contributed by atoms with Gasteiger partial charge in [-0.15, -0.1) is 0 Å². The maximum Gasteiger partial charge on any atom is 0.251 e. The molecule has 3 rings (SSSR count). The molecule has 1 aromatic heterocycles. The smallest absolute Gasteiger partial charge is 0.251 e. The minimum absolute atomic E-state index is 0.348. The molecule has 100 valence electrons. The van der Waals surface area contributed by atoms with E-state index in [2.05, 4.69) is 10.3 Å². The van der Waals surface area contributed by atoms with Crippen LogP contribution >= 0.6 is 0 Å². The van der Waals surface area contributed by atoms with Crippen LogP contribution in [0.5, 0.6) is 0 Å². The minimum atomic E-state index is -1.34. The van der Waals surface area contributed by atoms with Gasteiger partial charge in [0.15, 0.2) is 17.5 Å². The number of pyridine rings is 1. The zero-order valence-corrected chi connectivity index (χ0v) is 10.2. The van der Waals surface area contributed by atoms with Crippen molar-refractivity contribution in [1.82, 2.24) is 4.98 Å². The Morgan fingerprint density at radius 2 is 1.55 bits per heavy atom. The minimum Gasteiger partial charge on any atom is -0.338 e. The first-order valence-electron chi connectivity index (χ1n) is 5.91. The SMILES string of the molecule is Fc1cc(F)c(Nc2ccc3ccccc3c2)nc1F. The molecule has 0 amide bonds. The fourth-order valence-electron chi connectivity index (χ4n) is 1.94. The molecule has 20 heavy (non-hydrogen) atoms. The fraction of sp³-hybridized carbons (Fsp3) is 0. The zero-order valence-electron chi connectivity index (χ0n) is 10.2. The molecule has 2 aromatic carbocycles. The second-order valence-electron chi connectivity index (χ2n) is 4.28. The van der Waals surface area contributed by atoms with E-state index in [0.717, 1.165) is 10.8 Å². The second kappa shape index (κ2) is 4.85. The van der Waals surface area contributed by atoms with Gasteiger partial charge in [-0.1, -0.05) is 30.3 Å². The van der Waals surface area contributed by atoms with Gasteiger partial charge in [-0.2, -0.15) is 9.37 Å². The third kappa shape index (κ3) is 2.30. The summed E-state index contributed by atoms with van der Waals surface area (Å²) >= 11 is 0. The number of anilines is 2. The number of fused-ring (bicyclic) bond motifs is 1. The number of nitrogens with one attached hydrogen (secondary N) is 1. The van der Waals surface area contributed by atoms with Crippen molar-refractivity contribution in [1.29, 1.82) is 0 Å². The maximum atomic E-state index is 13.5. The first-order chi connectivity index (χ1) is 9.63. The maximum absolute atomic E-state index is 13.5. The van der Waals surface area contributed by atoms with Gasteiger partial charge in [0.1, 0.15) is 0 Å². The lowest BCUT2D eigenvalue weighted by molar-refractivity contribution is 0.467. The number of rotatable bonds is 2. The van der Waals surface area contributed by atoms with Crippen LogP contribution in [0, 0.1) is 17.6 Å². The van der Waals surface area contributed by atoms with Crippen LogP contribution in [0.1, 0.15) is 0 Å². The third-order valence-electron chi connectivity index (χ3n) is 2.90. The first-order valence-corrected chi connectivity index (χ1v) is 5.91. The summed E-state index contributed by atoms with van der Waals surface area (Å²) in [6, 6.07) is 13.4. The first kappa shape index (κ1) is 12.5. The molecule has 3 aromatic rings. The molecule has 0 aliphatic heterocycles. The Labute approximate surface area is 112 Å². The molecule has 1 N–H and O–H groups in total. The van der Waals surface area contributed by atoms with Gasteiger partial charge in [-0.3, -0.25) is 0 Å². The van der Waals surface area contributed by atoms with Crippen molar-refractivity contribution >= 4 is 22.3 Å². The van der Waals surface area contributed by atoms with Crippen LogP contribution in [0.15, 0.2) is 48.5 Å². The van der Waals surface area contributed by atoms with E-state index in [1.165, 1.54) is 0 Å². The summed E-state index contributed by atoms with van der Waals surface area (Å²) in [5, 5.41) is 4.61. The Bertz CT molecular complexity index is 787. The third-order valence-corrected chi connectivity index (χ3v) is 2.90. The fourth-order valence-corrected chi connectivity index (χ4v) is 1.94. The monoisotopic (exact) mass is 274 g/mol. The van der Waals surface area contributed by atoms with E-state index in [0.29, 0.717) is 11.8 Å². The van der Waals surface area contributed by atoms with Crippen molar-refractivity contribution in [3.8, 4) is 0 Å². The Kier molecular flexibility index (Phi) is 3.02. The van der Waals surface area contributed by atoms with Gasteiger partial charge >= 0.3 is 0 Å². The number of hydrogen-bond donors (Lipinski definition) is 1. The Morgan fingerprint density at radius 3 is 2.35 bits per heavy atom. The molecule has 0 atom stereocenters. The van der Waals surface area contributed by atoms with Crippen LogP contribution in [0.2, 0.25) is 0 Å². The molecule has 0 radical (unpaired) electrons. The van der Waals surface area contributed by atoms with Gasteiger partial charge < -0.3 is 5.32 Å². The van der Waals surface area contributed by atoms with E-state index >= 15 is 0 Å². The van der Waals surface area contributed by atoms with Gasteiger partial charge in [-0.05, 0) is 22.9 Å². The number of aromatic nitrogens is 1. The molecule has 0 fully saturated rings. The standard InChI is InChI=1S/C15H9F3N2/c16-12-8-13(17)15(20-14(12)18)19-11-6-5-9-3-1-2-4-10(9)7-11/h1-8H,(H,19,20). The predicted molar refractivity (Wildman–Crippen MR) is 71.3 cm³/mol. The highest BCUT2D eigenvalue weighted by atomic mass is 19.2. The molecule has 0 spiro atoms. The highest BCUT2D eigenvalue weighted by Gasteiger charge is 2.11. The zero-order chi connectivity index (χ0) is 14.1. The molecule has 5 heteroatoms. The van der Waals surface area contributed by atoms with E-state index in [9.17, 15) is 13.2 Å². The average Bonchev–Trinajstić information content (AvgIpc) is 2.44. The normalized spacial score (nSPS) is 10.8. The van der Waals surface area contributed by atoms with Crippen molar-refractivity contribution in [2.45, 2.75) is 0 Å². The van der Waals surface area contributed by atoms with Crippen LogP contribution in [-0.2, 0) is 0 Å². The lowest BCUT2D eigenvalue weighted by Crippen LogP contribution is -2.01. The van der Waals surface area contributed by atoms with Gasteiger partial charge in [0.25, 0.3) is 5.95 Å². The molecule has 0 aliphatic carbocycles. The van der Waals surface area contributed by atoms with E-state index in [4.69, 9.17) is 0 Å². The summed E-state index contributed by atoms with van der Waals surface area (Å²) in [5.41, 5.74) is 0.543. The quantitative estimate of drug-likeness (QED) is 0.701. The van der Waals surface area contributed by atoms with Crippen molar-refractivity contribution in [2.24, 2.45) is 0 Å². The molecular weight excluding hydrogens is 265 g/mol. The Hall–Kier alpha value is -2.56. The van der Waals surface area contributed by atoms with Crippen molar-refractivity contribution < 1.29 is 13.2 Å². The molecule has 0 aliphatic rings. The largest absolute Gasteiger partial charge is 0.338 e. The van der Waals surface area contributed by atoms with Gasteiger partial charge in [0, 0.05) is 11.8 Å². The van der Waals surface area contributed by atoms with Crippen LogP contribution < -0.4 is 5.32 Å². The van der Waals surface area contributed by atoms with Gasteiger partial charge in [0.2, 0.25) is 0 Å². The molecular formula is C15H9F3N2. The highest BCUT2D eigenvalue weighted by molar-refractivity contribution is 5.86.